The summed E-state index contributed by atoms with van der Waals surface area (Å²) in [4.78, 5) is 15.9. The monoisotopic (exact) mass is 342 g/mol. The Balaban J connectivity index is 2.04. The summed E-state index contributed by atoms with van der Waals surface area (Å²) in [6.45, 7) is 6.26. The first-order valence-electron chi connectivity index (χ1n) is 8.06. The van der Waals surface area contributed by atoms with Crippen molar-refractivity contribution in [3.05, 3.63) is 34.4 Å². The third-order valence-electron chi connectivity index (χ3n) is 4.94. The number of likely N-dealkylation sites (tertiary alicyclic amines) is 1. The van der Waals surface area contributed by atoms with E-state index in [0.717, 1.165) is 6.07 Å². The summed E-state index contributed by atoms with van der Waals surface area (Å²) < 4.78 is 40.6. The number of halogens is 3. The van der Waals surface area contributed by atoms with Crippen LogP contribution in [0.1, 0.15) is 53.9 Å². The summed E-state index contributed by atoms with van der Waals surface area (Å²) in [6, 6.07) is 2.31. The molecule has 1 aromatic rings. The van der Waals surface area contributed by atoms with Crippen LogP contribution in [0.4, 0.5) is 13.2 Å². The SMILES string of the molecule is CC(c1cc2c(c(C(F)(F)F)c1)CN(C(C)C)C2=O)N1CC(O)C1. The Kier molecular flexibility index (Phi) is 4.12. The van der Waals surface area contributed by atoms with E-state index in [4.69, 9.17) is 0 Å². The number of benzene rings is 1. The molecule has 1 N–H and O–H groups in total. The quantitative estimate of drug-likeness (QED) is 0.919. The van der Waals surface area contributed by atoms with Crippen molar-refractivity contribution in [2.45, 2.75) is 51.7 Å². The van der Waals surface area contributed by atoms with Gasteiger partial charge in [-0.25, -0.2) is 0 Å². The van der Waals surface area contributed by atoms with Gasteiger partial charge in [-0.3, -0.25) is 9.69 Å². The van der Waals surface area contributed by atoms with Crippen molar-refractivity contribution < 1.29 is 23.1 Å². The third-order valence-corrected chi connectivity index (χ3v) is 4.94. The fraction of sp³-hybridized carbons (Fsp3) is 0.588. The lowest BCUT2D eigenvalue weighted by Gasteiger charge is -2.40. The van der Waals surface area contributed by atoms with Crippen LogP contribution in [0.3, 0.4) is 0 Å². The van der Waals surface area contributed by atoms with Gasteiger partial charge in [0.2, 0.25) is 0 Å². The maximum atomic E-state index is 13.5. The molecule has 3 rings (SSSR count). The fourth-order valence-corrected chi connectivity index (χ4v) is 3.38. The molecule has 1 unspecified atom stereocenters. The van der Waals surface area contributed by atoms with Crippen LogP contribution in [-0.2, 0) is 12.7 Å². The van der Waals surface area contributed by atoms with Gasteiger partial charge < -0.3 is 10.0 Å². The molecule has 1 amide bonds. The lowest BCUT2D eigenvalue weighted by molar-refractivity contribution is -0.138. The predicted molar refractivity (Wildman–Crippen MR) is 82.4 cm³/mol. The van der Waals surface area contributed by atoms with Gasteiger partial charge >= 0.3 is 6.18 Å². The molecule has 4 nitrogen and oxygen atoms in total. The highest BCUT2D eigenvalue weighted by Crippen LogP contribution is 2.40. The summed E-state index contributed by atoms with van der Waals surface area (Å²) in [5.74, 6) is -0.344. The minimum atomic E-state index is -4.50. The van der Waals surface area contributed by atoms with Crippen LogP contribution in [0.15, 0.2) is 12.1 Å². The van der Waals surface area contributed by atoms with E-state index in [1.807, 2.05) is 4.90 Å². The summed E-state index contributed by atoms with van der Waals surface area (Å²) in [5.41, 5.74) is -0.0337. The molecule has 0 saturated carbocycles. The maximum absolute atomic E-state index is 13.5. The smallest absolute Gasteiger partial charge is 0.390 e. The van der Waals surface area contributed by atoms with Gasteiger partial charge in [0.05, 0.1) is 11.7 Å². The number of hydrogen-bond donors (Lipinski definition) is 1. The predicted octanol–water partition coefficient (Wildman–Crippen LogP) is 2.81. The normalized spacial score (nSPS) is 20.5. The summed E-state index contributed by atoms with van der Waals surface area (Å²) in [5, 5.41) is 9.41. The van der Waals surface area contributed by atoms with Crippen molar-refractivity contribution >= 4 is 5.91 Å². The van der Waals surface area contributed by atoms with Gasteiger partial charge in [-0.2, -0.15) is 13.2 Å². The number of hydrogen-bond acceptors (Lipinski definition) is 3. The van der Waals surface area contributed by atoms with Crippen molar-refractivity contribution in [1.82, 2.24) is 9.80 Å². The molecule has 7 heteroatoms. The molecule has 1 saturated heterocycles. The molecule has 2 heterocycles. The Hall–Kier alpha value is -1.60. The van der Waals surface area contributed by atoms with Gasteiger partial charge in [-0.1, -0.05) is 0 Å². The first-order chi connectivity index (χ1) is 11.1. The number of carbonyl (C=O) groups is 1. The molecule has 2 aliphatic heterocycles. The van der Waals surface area contributed by atoms with Gasteiger partial charge in [0.25, 0.3) is 5.91 Å². The number of β-amino-alcohol motifs (C(OH)–C–C–N with tert-alkyl or cyclic N) is 1. The second-order valence-electron chi connectivity index (χ2n) is 6.90. The number of nitrogens with zero attached hydrogens (tertiary/aromatic N) is 2. The van der Waals surface area contributed by atoms with Crippen molar-refractivity contribution in [2.75, 3.05) is 13.1 Å². The molecular formula is C17H21F3N2O2. The van der Waals surface area contributed by atoms with Crippen molar-refractivity contribution in [3.63, 3.8) is 0 Å². The zero-order valence-corrected chi connectivity index (χ0v) is 13.9. The van der Waals surface area contributed by atoms with Crippen LogP contribution < -0.4 is 0 Å². The van der Waals surface area contributed by atoms with Gasteiger partial charge in [0.15, 0.2) is 0 Å². The van der Waals surface area contributed by atoms with E-state index >= 15 is 0 Å². The molecule has 1 fully saturated rings. The largest absolute Gasteiger partial charge is 0.416 e. The molecule has 132 valence electrons. The third kappa shape index (κ3) is 2.80. The Morgan fingerprint density at radius 3 is 2.33 bits per heavy atom. The second kappa shape index (κ2) is 5.74. The molecule has 0 bridgehead atoms. The fourth-order valence-electron chi connectivity index (χ4n) is 3.38. The van der Waals surface area contributed by atoms with Crippen LogP contribution in [-0.4, -0.2) is 46.0 Å². The van der Waals surface area contributed by atoms with Crippen molar-refractivity contribution in [1.29, 1.82) is 0 Å². The van der Waals surface area contributed by atoms with Crippen molar-refractivity contribution in [2.24, 2.45) is 0 Å². The number of fused-ring (bicyclic) bond motifs is 1. The standard InChI is InChI=1S/C17H21F3N2O2/c1-9(2)22-8-14-13(16(22)24)4-11(5-15(14)17(18,19)20)10(3)21-6-12(23)7-21/h4-5,9-10,12,23H,6-8H2,1-3H3. The summed E-state index contributed by atoms with van der Waals surface area (Å²) in [7, 11) is 0. The number of amides is 1. The Bertz CT molecular complexity index is 667. The van der Waals surface area contributed by atoms with Crippen LogP contribution >= 0.6 is 0 Å². The highest BCUT2D eigenvalue weighted by molar-refractivity contribution is 5.99. The van der Waals surface area contributed by atoms with E-state index in [1.165, 1.54) is 4.90 Å². The molecule has 0 aliphatic carbocycles. The van der Waals surface area contributed by atoms with E-state index in [9.17, 15) is 23.1 Å². The van der Waals surface area contributed by atoms with Crippen LogP contribution in [0.5, 0.6) is 0 Å². The molecule has 0 radical (unpaired) electrons. The highest BCUT2D eigenvalue weighted by Gasteiger charge is 2.41. The molecular weight excluding hydrogens is 321 g/mol. The van der Waals surface area contributed by atoms with Crippen molar-refractivity contribution in [3.8, 4) is 0 Å². The number of aliphatic hydroxyl groups excluding tert-OH is 1. The average molecular weight is 342 g/mol. The zero-order valence-electron chi connectivity index (χ0n) is 13.9. The Labute approximate surface area is 138 Å². The molecule has 0 aromatic heterocycles. The Morgan fingerprint density at radius 1 is 1.21 bits per heavy atom. The van der Waals surface area contributed by atoms with Gasteiger partial charge in [0.1, 0.15) is 0 Å². The summed E-state index contributed by atoms with van der Waals surface area (Å²) >= 11 is 0. The average Bonchev–Trinajstić information content (AvgIpc) is 2.79. The molecule has 24 heavy (non-hydrogen) atoms. The van der Waals surface area contributed by atoms with E-state index in [1.54, 1.807) is 26.8 Å². The van der Waals surface area contributed by atoms with Gasteiger partial charge in [-0.05, 0) is 44.0 Å². The summed E-state index contributed by atoms with van der Waals surface area (Å²) in [6.07, 6.45) is -4.93. The zero-order chi connectivity index (χ0) is 17.8. The number of carbonyl (C=O) groups excluding carboxylic acids is 1. The van der Waals surface area contributed by atoms with Crippen LogP contribution in [0, 0.1) is 0 Å². The lowest BCUT2D eigenvalue weighted by atomic mass is 9.94. The topological polar surface area (TPSA) is 43.8 Å². The Morgan fingerprint density at radius 2 is 1.83 bits per heavy atom. The van der Waals surface area contributed by atoms with Gasteiger partial charge in [-0.15, -0.1) is 0 Å². The van der Waals surface area contributed by atoms with Crippen LogP contribution in [0.25, 0.3) is 0 Å². The van der Waals surface area contributed by atoms with E-state index in [0.29, 0.717) is 18.7 Å². The highest BCUT2D eigenvalue weighted by atomic mass is 19.4. The van der Waals surface area contributed by atoms with Gasteiger partial charge in [0, 0.05) is 37.3 Å². The second-order valence-corrected chi connectivity index (χ2v) is 6.90. The number of aliphatic hydroxyl groups is 1. The van der Waals surface area contributed by atoms with Crippen LogP contribution in [0.2, 0.25) is 0 Å². The molecule has 1 aromatic carbocycles. The molecule has 2 aliphatic rings. The maximum Gasteiger partial charge on any atom is 0.416 e. The number of rotatable bonds is 3. The minimum absolute atomic E-state index is 0.00222. The van der Waals surface area contributed by atoms with E-state index < -0.39 is 17.8 Å². The first kappa shape index (κ1) is 17.2. The first-order valence-corrected chi connectivity index (χ1v) is 8.06. The number of alkyl halides is 3. The van der Waals surface area contributed by atoms with E-state index in [-0.39, 0.29) is 35.7 Å². The lowest BCUT2D eigenvalue weighted by Crippen LogP contribution is -2.51. The molecule has 1 atom stereocenters. The molecule has 0 spiro atoms. The van der Waals surface area contributed by atoms with E-state index in [2.05, 4.69) is 0 Å². The minimum Gasteiger partial charge on any atom is -0.390 e.